The molecule has 4 nitrogen and oxygen atoms in total. The maximum Gasteiger partial charge on any atom is 0.0907 e. The summed E-state index contributed by atoms with van der Waals surface area (Å²) < 4.78 is 7.10. The Morgan fingerprint density at radius 2 is 2.19 bits per heavy atom. The van der Waals surface area contributed by atoms with Crippen LogP contribution in [0.3, 0.4) is 0 Å². The Kier molecular flexibility index (Phi) is 4.50. The van der Waals surface area contributed by atoms with E-state index in [1.165, 1.54) is 0 Å². The molecule has 0 aliphatic carbocycles. The van der Waals surface area contributed by atoms with Gasteiger partial charge >= 0.3 is 0 Å². The molecule has 1 N–H and O–H groups in total. The van der Waals surface area contributed by atoms with Gasteiger partial charge in [-0.05, 0) is 26.3 Å². The molecule has 0 spiro atoms. The summed E-state index contributed by atoms with van der Waals surface area (Å²) in [5, 5.41) is 14.5. The van der Waals surface area contributed by atoms with Gasteiger partial charge in [-0.25, -0.2) is 0 Å². The third-order valence-electron chi connectivity index (χ3n) is 2.57. The van der Waals surface area contributed by atoms with E-state index in [1.807, 2.05) is 24.7 Å². The lowest BCUT2D eigenvalue weighted by Crippen LogP contribution is -2.34. The second kappa shape index (κ2) is 5.46. The van der Waals surface area contributed by atoms with E-state index in [0.29, 0.717) is 19.6 Å². The van der Waals surface area contributed by atoms with E-state index in [9.17, 15) is 5.11 Å². The number of aromatic nitrogens is 2. The number of nitrogens with zero attached hydrogens (tertiary/aromatic N) is 2. The van der Waals surface area contributed by atoms with Crippen LogP contribution in [0.4, 0.5) is 0 Å². The molecule has 0 radical (unpaired) electrons. The molecule has 0 bridgehead atoms. The van der Waals surface area contributed by atoms with Crippen LogP contribution in [0.5, 0.6) is 0 Å². The first-order chi connectivity index (χ1) is 7.48. The highest BCUT2D eigenvalue weighted by atomic mass is 16.5. The van der Waals surface area contributed by atoms with Crippen LogP contribution in [0.2, 0.25) is 0 Å². The third kappa shape index (κ3) is 3.61. The highest BCUT2D eigenvalue weighted by molar-refractivity contribution is 5.12. The number of hydrogen-bond acceptors (Lipinski definition) is 3. The number of aliphatic hydroxyl groups is 1. The van der Waals surface area contributed by atoms with Crippen LogP contribution in [0.25, 0.3) is 0 Å². The van der Waals surface area contributed by atoms with E-state index in [-0.39, 0.29) is 0 Å². The van der Waals surface area contributed by atoms with Gasteiger partial charge in [0.15, 0.2) is 0 Å². The number of ether oxygens (including phenoxy) is 1. The average molecular weight is 226 g/mol. The van der Waals surface area contributed by atoms with Crippen LogP contribution < -0.4 is 0 Å². The van der Waals surface area contributed by atoms with Gasteiger partial charge in [0.1, 0.15) is 0 Å². The third-order valence-corrected chi connectivity index (χ3v) is 2.57. The van der Waals surface area contributed by atoms with E-state index in [2.05, 4.69) is 12.0 Å². The molecule has 0 fully saturated rings. The molecule has 0 aromatic carbocycles. The predicted molar refractivity (Wildman–Crippen MR) is 63.4 cm³/mol. The number of aryl methyl sites for hydroxylation is 2. The van der Waals surface area contributed by atoms with Gasteiger partial charge in [-0.15, -0.1) is 0 Å². The fraction of sp³-hybridized carbons (Fsp3) is 0.750. The van der Waals surface area contributed by atoms with Gasteiger partial charge in [0, 0.05) is 25.8 Å². The van der Waals surface area contributed by atoms with Crippen molar-refractivity contribution in [3.8, 4) is 0 Å². The molecule has 0 aliphatic rings. The van der Waals surface area contributed by atoms with Crippen LogP contribution >= 0.6 is 0 Å². The van der Waals surface area contributed by atoms with Crippen molar-refractivity contribution in [2.24, 2.45) is 7.05 Å². The van der Waals surface area contributed by atoms with Gasteiger partial charge in [-0.3, -0.25) is 4.68 Å². The van der Waals surface area contributed by atoms with Gasteiger partial charge in [-0.1, -0.05) is 6.92 Å². The van der Waals surface area contributed by atoms with Crippen molar-refractivity contribution >= 4 is 0 Å². The highest BCUT2D eigenvalue weighted by Crippen LogP contribution is 2.14. The largest absolute Gasteiger partial charge is 0.387 e. The summed E-state index contributed by atoms with van der Waals surface area (Å²) in [7, 11) is 1.91. The summed E-state index contributed by atoms with van der Waals surface area (Å²) >= 11 is 0. The average Bonchev–Trinajstić information content (AvgIpc) is 2.56. The molecule has 92 valence electrons. The topological polar surface area (TPSA) is 47.3 Å². The molecular formula is C12H22N2O2. The Bertz CT molecular complexity index is 332. The van der Waals surface area contributed by atoms with Crippen LogP contribution in [-0.4, -0.2) is 33.7 Å². The molecule has 16 heavy (non-hydrogen) atoms. The van der Waals surface area contributed by atoms with Crippen molar-refractivity contribution in [3.05, 3.63) is 17.5 Å². The standard InChI is InChI=1S/C12H22N2O2/c1-5-10-7-11(14(4)13-10)8-12(3,15)9-16-6-2/h7,15H,5-6,8-9H2,1-4H3. The fourth-order valence-electron chi connectivity index (χ4n) is 1.67. The van der Waals surface area contributed by atoms with Crippen molar-refractivity contribution in [2.45, 2.75) is 39.2 Å². The Morgan fingerprint density at radius 3 is 2.69 bits per heavy atom. The molecule has 1 aromatic heterocycles. The Labute approximate surface area is 97.2 Å². The van der Waals surface area contributed by atoms with Crippen molar-refractivity contribution in [3.63, 3.8) is 0 Å². The maximum atomic E-state index is 10.1. The SMILES string of the molecule is CCOCC(C)(O)Cc1cc(CC)nn1C. The van der Waals surface area contributed by atoms with Crippen molar-refractivity contribution in [1.29, 1.82) is 0 Å². The molecule has 0 amide bonds. The summed E-state index contributed by atoms with van der Waals surface area (Å²) in [4.78, 5) is 0. The van der Waals surface area contributed by atoms with E-state index in [0.717, 1.165) is 17.8 Å². The van der Waals surface area contributed by atoms with Crippen LogP contribution in [0.1, 0.15) is 32.2 Å². The van der Waals surface area contributed by atoms with Gasteiger partial charge in [-0.2, -0.15) is 5.10 Å². The predicted octanol–water partition coefficient (Wildman–Crippen LogP) is 1.31. The zero-order valence-corrected chi connectivity index (χ0v) is 10.7. The lowest BCUT2D eigenvalue weighted by Gasteiger charge is -2.22. The second-order valence-corrected chi connectivity index (χ2v) is 4.42. The van der Waals surface area contributed by atoms with Crippen LogP contribution in [0.15, 0.2) is 6.07 Å². The van der Waals surface area contributed by atoms with Gasteiger partial charge in [0.25, 0.3) is 0 Å². The zero-order valence-electron chi connectivity index (χ0n) is 10.7. The summed E-state index contributed by atoms with van der Waals surface area (Å²) in [5.41, 5.74) is 1.28. The summed E-state index contributed by atoms with van der Waals surface area (Å²) in [6, 6.07) is 2.04. The molecule has 1 unspecified atom stereocenters. The van der Waals surface area contributed by atoms with E-state index < -0.39 is 5.60 Å². The first-order valence-electron chi connectivity index (χ1n) is 5.80. The second-order valence-electron chi connectivity index (χ2n) is 4.42. The molecule has 0 saturated heterocycles. The smallest absolute Gasteiger partial charge is 0.0907 e. The molecular weight excluding hydrogens is 204 g/mol. The molecule has 1 rings (SSSR count). The Balaban J connectivity index is 2.67. The van der Waals surface area contributed by atoms with E-state index in [1.54, 1.807) is 6.92 Å². The lowest BCUT2D eigenvalue weighted by molar-refractivity contribution is -0.0307. The van der Waals surface area contributed by atoms with Crippen molar-refractivity contribution < 1.29 is 9.84 Å². The first-order valence-corrected chi connectivity index (χ1v) is 5.80. The first kappa shape index (κ1) is 13.2. The number of rotatable bonds is 6. The van der Waals surface area contributed by atoms with Crippen LogP contribution in [-0.2, 0) is 24.6 Å². The molecule has 1 heterocycles. The van der Waals surface area contributed by atoms with Gasteiger partial charge < -0.3 is 9.84 Å². The van der Waals surface area contributed by atoms with Crippen molar-refractivity contribution in [1.82, 2.24) is 9.78 Å². The Morgan fingerprint density at radius 1 is 1.50 bits per heavy atom. The van der Waals surface area contributed by atoms with E-state index in [4.69, 9.17) is 4.74 Å². The fourth-order valence-corrected chi connectivity index (χ4v) is 1.67. The van der Waals surface area contributed by atoms with Crippen LogP contribution in [0, 0.1) is 0 Å². The molecule has 1 aromatic rings. The Hall–Kier alpha value is -0.870. The van der Waals surface area contributed by atoms with Gasteiger partial charge in [0.2, 0.25) is 0 Å². The maximum absolute atomic E-state index is 10.1. The number of hydrogen-bond donors (Lipinski definition) is 1. The minimum absolute atomic E-state index is 0.357. The highest BCUT2D eigenvalue weighted by Gasteiger charge is 2.23. The minimum atomic E-state index is -0.825. The summed E-state index contributed by atoms with van der Waals surface area (Å²) in [6.45, 7) is 6.78. The molecule has 0 saturated carbocycles. The molecule has 1 atom stereocenters. The monoisotopic (exact) mass is 226 g/mol. The zero-order chi connectivity index (χ0) is 12.2. The van der Waals surface area contributed by atoms with Crippen molar-refractivity contribution in [2.75, 3.05) is 13.2 Å². The lowest BCUT2D eigenvalue weighted by atomic mass is 10.0. The quantitative estimate of drug-likeness (QED) is 0.795. The molecule has 4 heteroatoms. The summed E-state index contributed by atoms with van der Waals surface area (Å²) in [6.07, 6.45) is 1.48. The normalized spacial score (nSPS) is 15.1. The summed E-state index contributed by atoms with van der Waals surface area (Å²) in [5.74, 6) is 0. The van der Waals surface area contributed by atoms with Gasteiger partial charge in [0.05, 0.1) is 17.9 Å². The van der Waals surface area contributed by atoms with E-state index >= 15 is 0 Å². The minimum Gasteiger partial charge on any atom is -0.387 e. The molecule has 0 aliphatic heterocycles.